The quantitative estimate of drug-likeness (QED) is 0.0169. The van der Waals surface area contributed by atoms with E-state index in [0.717, 1.165) is 115 Å². The van der Waals surface area contributed by atoms with Crippen LogP contribution in [0, 0.1) is 11.8 Å². The topological polar surface area (TPSA) is 237 Å². The summed E-state index contributed by atoms with van der Waals surface area (Å²) < 4.78 is 68.9. The highest BCUT2D eigenvalue weighted by Gasteiger charge is 2.30. The zero-order valence-electron chi connectivity index (χ0n) is 69.2. The highest BCUT2D eigenvalue weighted by Crippen LogP contribution is 2.45. The van der Waals surface area contributed by atoms with Crippen molar-refractivity contribution in [3.8, 4) is 0 Å². The van der Waals surface area contributed by atoms with Gasteiger partial charge in [-0.1, -0.05) is 387 Å². The van der Waals surface area contributed by atoms with Crippen molar-refractivity contribution in [1.82, 2.24) is 0 Å². The molecule has 0 saturated heterocycles. The van der Waals surface area contributed by atoms with Gasteiger partial charge in [-0.3, -0.25) is 37.3 Å². The smallest absolute Gasteiger partial charge is 0.462 e. The average Bonchev–Trinajstić information content (AvgIpc) is 0.900. The van der Waals surface area contributed by atoms with E-state index in [9.17, 15) is 43.2 Å². The molecule has 0 radical (unpaired) electrons. The molecule has 19 heteroatoms. The largest absolute Gasteiger partial charge is 0.472 e. The fourth-order valence-corrected chi connectivity index (χ4v) is 14.6. The van der Waals surface area contributed by atoms with Crippen LogP contribution in [0.1, 0.15) is 440 Å². The average molecular weight is 1550 g/mol. The summed E-state index contributed by atoms with van der Waals surface area (Å²) in [4.78, 5) is 73.2. The molecule has 3 N–H and O–H groups in total. The molecule has 0 aliphatic rings. The highest BCUT2D eigenvalue weighted by atomic mass is 31.2. The molecule has 0 heterocycles. The molecule has 0 spiro atoms. The summed E-state index contributed by atoms with van der Waals surface area (Å²) in [5.41, 5.74) is 0. The van der Waals surface area contributed by atoms with Crippen LogP contribution in [0.15, 0.2) is 24.3 Å². The van der Waals surface area contributed by atoms with Gasteiger partial charge >= 0.3 is 39.5 Å². The lowest BCUT2D eigenvalue weighted by molar-refractivity contribution is -0.161. The van der Waals surface area contributed by atoms with Crippen molar-refractivity contribution in [1.29, 1.82) is 0 Å². The van der Waals surface area contributed by atoms with Crippen molar-refractivity contribution >= 4 is 39.5 Å². The van der Waals surface area contributed by atoms with E-state index >= 15 is 0 Å². The van der Waals surface area contributed by atoms with Crippen LogP contribution in [0.3, 0.4) is 0 Å². The third-order valence-electron chi connectivity index (χ3n) is 20.2. The number of carbonyl (C=O) groups is 4. The Bertz CT molecular complexity index is 2130. The zero-order valence-corrected chi connectivity index (χ0v) is 71.0. The Kier molecular flexibility index (Phi) is 76.0. The van der Waals surface area contributed by atoms with Crippen LogP contribution >= 0.6 is 15.6 Å². The number of hydrogen-bond donors (Lipinski definition) is 3. The van der Waals surface area contributed by atoms with Gasteiger partial charge in [-0.15, -0.1) is 0 Å². The highest BCUT2D eigenvalue weighted by molar-refractivity contribution is 7.47. The predicted octanol–water partition coefficient (Wildman–Crippen LogP) is 26.2. The molecule has 3 unspecified atom stereocenters. The first-order valence-corrected chi connectivity index (χ1v) is 47.3. The zero-order chi connectivity index (χ0) is 77.8. The molecule has 0 bridgehead atoms. The lowest BCUT2D eigenvalue weighted by atomic mass is 9.99. The number of allylic oxidation sites excluding steroid dienone is 4. The van der Waals surface area contributed by atoms with Crippen molar-refractivity contribution < 1.29 is 80.2 Å². The summed E-state index contributed by atoms with van der Waals surface area (Å²) >= 11 is 0. The fraction of sp³-hybridized carbons (Fsp3) is 0.908. The van der Waals surface area contributed by atoms with E-state index in [1.165, 1.54) is 244 Å². The van der Waals surface area contributed by atoms with Crippen molar-refractivity contribution in [2.45, 2.75) is 458 Å². The van der Waals surface area contributed by atoms with Gasteiger partial charge in [0.2, 0.25) is 0 Å². The summed E-state index contributed by atoms with van der Waals surface area (Å²) in [6.07, 6.45) is 73.0. The first-order chi connectivity index (χ1) is 51.4. The second-order valence-corrected chi connectivity index (χ2v) is 34.2. The number of hydrogen-bond acceptors (Lipinski definition) is 15. The van der Waals surface area contributed by atoms with Crippen molar-refractivity contribution in [2.75, 3.05) is 39.6 Å². The van der Waals surface area contributed by atoms with Gasteiger partial charge in [0, 0.05) is 25.7 Å². The number of phosphoric ester groups is 2. The van der Waals surface area contributed by atoms with Crippen molar-refractivity contribution in [2.24, 2.45) is 11.8 Å². The van der Waals surface area contributed by atoms with Gasteiger partial charge in [0.1, 0.15) is 19.3 Å². The van der Waals surface area contributed by atoms with Crippen LogP contribution < -0.4 is 0 Å². The molecule has 0 amide bonds. The molecule has 6 atom stereocenters. The van der Waals surface area contributed by atoms with E-state index in [2.05, 4.69) is 65.8 Å². The summed E-state index contributed by atoms with van der Waals surface area (Å²) in [6, 6.07) is 0. The number of unbranched alkanes of at least 4 members (excludes halogenated alkanes) is 50. The Hall–Kier alpha value is -2.46. The second kappa shape index (κ2) is 77.8. The van der Waals surface area contributed by atoms with Gasteiger partial charge in [-0.05, 0) is 63.2 Å². The summed E-state index contributed by atoms with van der Waals surface area (Å²) in [5.74, 6) is -0.543. The number of aliphatic hydroxyl groups is 1. The molecule has 0 aromatic carbocycles. The molecule has 0 aromatic rings. The molecule has 106 heavy (non-hydrogen) atoms. The van der Waals surface area contributed by atoms with Crippen LogP contribution in [0.25, 0.3) is 0 Å². The van der Waals surface area contributed by atoms with Crippen molar-refractivity contribution in [3.05, 3.63) is 24.3 Å². The minimum Gasteiger partial charge on any atom is -0.462 e. The van der Waals surface area contributed by atoms with E-state index in [4.69, 9.17) is 37.0 Å². The molecule has 0 aliphatic carbocycles. The molecule has 0 aromatic heterocycles. The number of esters is 4. The Morgan fingerprint density at radius 3 is 0.849 bits per heavy atom. The van der Waals surface area contributed by atoms with E-state index in [-0.39, 0.29) is 25.7 Å². The molecule has 17 nitrogen and oxygen atoms in total. The van der Waals surface area contributed by atoms with Gasteiger partial charge in [-0.2, -0.15) is 0 Å². The van der Waals surface area contributed by atoms with Crippen LogP contribution in [0.5, 0.6) is 0 Å². The Labute approximate surface area is 650 Å². The van der Waals surface area contributed by atoms with Gasteiger partial charge in [0.15, 0.2) is 12.2 Å². The van der Waals surface area contributed by atoms with Crippen molar-refractivity contribution in [3.63, 3.8) is 0 Å². The number of ether oxygens (including phenoxy) is 4. The number of carbonyl (C=O) groups excluding carboxylic acids is 4. The van der Waals surface area contributed by atoms with Crippen LogP contribution in [0.2, 0.25) is 0 Å². The minimum absolute atomic E-state index is 0.0849. The first-order valence-electron chi connectivity index (χ1n) is 44.3. The number of aliphatic hydroxyl groups excluding tert-OH is 1. The van der Waals surface area contributed by atoms with Gasteiger partial charge in [0.05, 0.1) is 26.4 Å². The normalized spacial score (nSPS) is 14.2. The van der Waals surface area contributed by atoms with Crippen LogP contribution in [0.4, 0.5) is 0 Å². The minimum atomic E-state index is -4.97. The van der Waals surface area contributed by atoms with E-state index in [0.29, 0.717) is 25.7 Å². The lowest BCUT2D eigenvalue weighted by Crippen LogP contribution is -2.30. The summed E-state index contributed by atoms with van der Waals surface area (Å²) in [6.45, 7) is 9.64. The lowest BCUT2D eigenvalue weighted by Gasteiger charge is -2.21. The molecular weight excluding hydrogens is 1380 g/mol. The molecule has 0 aliphatic heterocycles. The van der Waals surface area contributed by atoms with Crippen LogP contribution in [-0.4, -0.2) is 96.7 Å². The first kappa shape index (κ1) is 104. The standard InChI is InChI=1S/C87H166O17P2/c1-7-10-12-14-16-18-20-22-24-25-26-27-28-29-31-37-41-47-54-60-66-72-87(92)103-82(75-97-84(89)69-63-57-51-45-39-35-33-32-34-38-44-50-56-62-68-80(6)9-3)77-101-105(93,94)99-73-81(88)74-100-106(95,96)102-78-83(76-98-85(90)70-64-58-52-48-42-43-49-55-61-67-79(4)5)104-86(91)71-65-59-53-46-40-36-30-23-21-19-17-15-13-11-8-2/h19,21,23,30,79-83,88H,7-18,20,22,24-29,31-78H2,1-6H3,(H,93,94)(H,95,96)/b21-19-,30-23-/t80?,81-,82-,83-/m1/s1. The fourth-order valence-electron chi connectivity index (χ4n) is 13.0. The SMILES string of the molecule is CCCCCC/C=C\C=C/CCCCCCCC(=O)O[C@H](COC(=O)CCCCCCCCCCCC(C)C)COP(=O)(O)OC[C@H](O)COP(=O)(O)OC[C@@H](COC(=O)CCCCCCCCCCCCCCCCC(C)CC)OC(=O)CCCCCCCCCCCCCCCCCCCCCCC. The second-order valence-electron chi connectivity index (χ2n) is 31.3. The monoisotopic (exact) mass is 1550 g/mol. The predicted molar refractivity (Wildman–Crippen MR) is 437 cm³/mol. The van der Waals surface area contributed by atoms with E-state index in [1.54, 1.807) is 0 Å². The van der Waals surface area contributed by atoms with E-state index in [1.807, 2.05) is 0 Å². The molecule has 626 valence electrons. The maximum atomic E-state index is 13.2. The Morgan fingerprint density at radius 1 is 0.311 bits per heavy atom. The summed E-state index contributed by atoms with van der Waals surface area (Å²) in [7, 11) is -9.94. The third kappa shape index (κ3) is 78.2. The molecule has 0 saturated carbocycles. The van der Waals surface area contributed by atoms with Gasteiger partial charge in [0.25, 0.3) is 0 Å². The van der Waals surface area contributed by atoms with Gasteiger partial charge < -0.3 is 33.8 Å². The third-order valence-corrected chi connectivity index (χ3v) is 22.1. The maximum Gasteiger partial charge on any atom is 0.472 e. The number of phosphoric acid groups is 2. The number of rotatable bonds is 84. The Morgan fingerprint density at radius 2 is 0.557 bits per heavy atom. The van der Waals surface area contributed by atoms with Crippen LogP contribution in [-0.2, 0) is 65.4 Å². The molecule has 0 fully saturated rings. The Balaban J connectivity index is 5.28. The van der Waals surface area contributed by atoms with E-state index < -0.39 is 97.5 Å². The summed E-state index contributed by atoms with van der Waals surface area (Å²) in [5, 5.41) is 10.7. The molecule has 0 rings (SSSR count). The maximum absolute atomic E-state index is 13.2. The van der Waals surface area contributed by atoms with Gasteiger partial charge in [-0.25, -0.2) is 9.13 Å². The molecular formula is C87H166O17P2.